The first-order valence-corrected chi connectivity index (χ1v) is 6.47. The number of rotatable bonds is 6. The number of methoxy groups -OCH3 is 1. The molecule has 0 spiro atoms. The predicted octanol–water partition coefficient (Wildman–Crippen LogP) is 1.92. The second-order valence-corrected chi connectivity index (χ2v) is 5.04. The van der Waals surface area contributed by atoms with E-state index in [1.165, 1.54) is 14.0 Å². The minimum atomic E-state index is -1.49. The summed E-state index contributed by atoms with van der Waals surface area (Å²) in [5.41, 5.74) is -2.03. The summed E-state index contributed by atoms with van der Waals surface area (Å²) in [7, 11) is 1.43. The molecular weight excluding hydrogens is 258 g/mol. The van der Waals surface area contributed by atoms with E-state index in [-0.39, 0.29) is 0 Å². The Morgan fingerprint density at radius 1 is 1.25 bits per heavy atom. The summed E-state index contributed by atoms with van der Waals surface area (Å²) < 4.78 is 5.21. The van der Waals surface area contributed by atoms with Crippen LogP contribution in [0.4, 0.5) is 0 Å². The van der Waals surface area contributed by atoms with Crippen molar-refractivity contribution < 1.29 is 19.4 Å². The highest BCUT2D eigenvalue weighted by Gasteiger charge is 2.41. The van der Waals surface area contributed by atoms with Gasteiger partial charge in [0, 0.05) is 7.11 Å². The molecule has 20 heavy (non-hydrogen) atoms. The molecule has 2 unspecified atom stereocenters. The van der Waals surface area contributed by atoms with Crippen LogP contribution in [0.1, 0.15) is 32.8 Å². The monoisotopic (exact) mass is 279 g/mol. The fraction of sp³-hybridized carbons (Fsp3) is 0.467. The van der Waals surface area contributed by atoms with Gasteiger partial charge < -0.3 is 15.2 Å². The van der Waals surface area contributed by atoms with Crippen LogP contribution in [-0.2, 0) is 19.9 Å². The van der Waals surface area contributed by atoms with Gasteiger partial charge in [-0.2, -0.15) is 0 Å². The van der Waals surface area contributed by atoms with Crippen LogP contribution in [0.25, 0.3) is 0 Å². The number of carbonyl (C=O) groups is 2. The van der Waals surface area contributed by atoms with Crippen molar-refractivity contribution in [3.8, 4) is 0 Å². The standard InChI is InChI=1S/C15H21NO4/c1-5-14(2,20-4)12(17)16-15(3,13(18)19)11-9-7-6-8-10-11/h6-10H,5H2,1-4H3,(H,16,17)(H,18,19). The van der Waals surface area contributed by atoms with Gasteiger partial charge in [0.25, 0.3) is 5.91 Å². The van der Waals surface area contributed by atoms with E-state index < -0.39 is 23.0 Å². The minimum absolute atomic E-state index is 0.444. The summed E-state index contributed by atoms with van der Waals surface area (Å²) in [4.78, 5) is 23.9. The smallest absolute Gasteiger partial charge is 0.333 e. The molecule has 1 rings (SSSR count). The molecule has 0 bridgehead atoms. The van der Waals surface area contributed by atoms with Crippen molar-refractivity contribution in [1.82, 2.24) is 5.32 Å². The van der Waals surface area contributed by atoms with Gasteiger partial charge in [-0.25, -0.2) is 4.79 Å². The number of carboxylic acids is 1. The molecule has 0 aromatic heterocycles. The number of carbonyl (C=O) groups excluding carboxylic acids is 1. The van der Waals surface area contributed by atoms with Crippen LogP contribution in [0.5, 0.6) is 0 Å². The van der Waals surface area contributed by atoms with Gasteiger partial charge in [0.1, 0.15) is 5.60 Å². The van der Waals surface area contributed by atoms with Gasteiger partial charge >= 0.3 is 5.97 Å². The Kier molecular flexibility index (Phi) is 4.89. The number of hydrogen-bond donors (Lipinski definition) is 2. The molecule has 0 radical (unpaired) electrons. The summed E-state index contributed by atoms with van der Waals surface area (Å²) in [5.74, 6) is -1.57. The van der Waals surface area contributed by atoms with Crippen molar-refractivity contribution >= 4 is 11.9 Å². The Balaban J connectivity index is 3.12. The van der Waals surface area contributed by atoms with Crippen molar-refractivity contribution in [2.24, 2.45) is 0 Å². The highest BCUT2D eigenvalue weighted by atomic mass is 16.5. The lowest BCUT2D eigenvalue weighted by Crippen LogP contribution is -2.56. The molecule has 0 aliphatic carbocycles. The van der Waals surface area contributed by atoms with Crippen LogP contribution in [0.3, 0.4) is 0 Å². The lowest BCUT2D eigenvalue weighted by molar-refractivity contribution is -0.153. The number of nitrogens with one attached hydrogen (secondary N) is 1. The second kappa shape index (κ2) is 6.05. The molecular formula is C15H21NO4. The van der Waals surface area contributed by atoms with Crippen LogP contribution in [0.15, 0.2) is 30.3 Å². The maximum Gasteiger partial charge on any atom is 0.333 e. The van der Waals surface area contributed by atoms with E-state index in [0.717, 1.165) is 0 Å². The lowest BCUT2D eigenvalue weighted by Gasteiger charge is -2.32. The van der Waals surface area contributed by atoms with E-state index in [4.69, 9.17) is 4.74 Å². The van der Waals surface area contributed by atoms with E-state index in [9.17, 15) is 14.7 Å². The van der Waals surface area contributed by atoms with Crippen LogP contribution in [-0.4, -0.2) is 29.7 Å². The highest BCUT2D eigenvalue weighted by molar-refractivity contribution is 5.91. The van der Waals surface area contributed by atoms with Crippen molar-refractivity contribution in [2.75, 3.05) is 7.11 Å². The Morgan fingerprint density at radius 2 is 1.80 bits per heavy atom. The topological polar surface area (TPSA) is 75.6 Å². The van der Waals surface area contributed by atoms with Gasteiger partial charge in [-0.15, -0.1) is 0 Å². The fourth-order valence-corrected chi connectivity index (χ4v) is 1.78. The predicted molar refractivity (Wildman–Crippen MR) is 75.3 cm³/mol. The van der Waals surface area contributed by atoms with Crippen LogP contribution >= 0.6 is 0 Å². The fourth-order valence-electron chi connectivity index (χ4n) is 1.78. The quantitative estimate of drug-likeness (QED) is 0.834. The van der Waals surface area contributed by atoms with Crippen LogP contribution in [0.2, 0.25) is 0 Å². The van der Waals surface area contributed by atoms with E-state index in [1.807, 2.05) is 6.92 Å². The molecule has 5 heteroatoms. The Bertz CT molecular complexity index is 482. The average molecular weight is 279 g/mol. The molecule has 0 aliphatic rings. The first-order valence-electron chi connectivity index (χ1n) is 6.47. The molecule has 1 aromatic rings. The number of carboxylic acid groups (broad SMARTS) is 1. The number of amides is 1. The van der Waals surface area contributed by atoms with Crippen molar-refractivity contribution in [2.45, 2.75) is 38.3 Å². The molecule has 1 amide bonds. The summed E-state index contributed by atoms with van der Waals surface area (Å²) in [6.07, 6.45) is 0.444. The van der Waals surface area contributed by atoms with Gasteiger partial charge in [-0.3, -0.25) is 4.79 Å². The van der Waals surface area contributed by atoms with Crippen LogP contribution < -0.4 is 5.32 Å². The SMILES string of the molecule is CCC(C)(OC)C(=O)NC(C)(C(=O)O)c1ccccc1. The van der Waals surface area contributed by atoms with Crippen molar-refractivity contribution in [3.05, 3.63) is 35.9 Å². The zero-order chi connectivity index (χ0) is 15.4. The van der Waals surface area contributed by atoms with Gasteiger partial charge in [0.15, 0.2) is 5.54 Å². The maximum absolute atomic E-state index is 12.3. The Hall–Kier alpha value is -1.88. The third-order valence-electron chi connectivity index (χ3n) is 3.75. The van der Waals surface area contributed by atoms with Crippen LogP contribution in [0, 0.1) is 0 Å². The first-order chi connectivity index (χ1) is 9.30. The molecule has 1 aromatic carbocycles. The average Bonchev–Trinajstić information content (AvgIpc) is 2.46. The third-order valence-corrected chi connectivity index (χ3v) is 3.75. The van der Waals surface area contributed by atoms with E-state index >= 15 is 0 Å². The maximum atomic E-state index is 12.3. The zero-order valence-electron chi connectivity index (χ0n) is 12.3. The van der Waals surface area contributed by atoms with Gasteiger partial charge in [-0.1, -0.05) is 37.3 Å². The molecule has 0 saturated carbocycles. The molecule has 0 saturated heterocycles. The van der Waals surface area contributed by atoms with Gasteiger partial charge in [-0.05, 0) is 25.8 Å². The minimum Gasteiger partial charge on any atom is -0.479 e. The number of hydrogen-bond acceptors (Lipinski definition) is 3. The highest BCUT2D eigenvalue weighted by Crippen LogP contribution is 2.23. The first kappa shape index (κ1) is 16.2. The van der Waals surface area contributed by atoms with E-state index in [2.05, 4.69) is 5.32 Å². The molecule has 0 aliphatic heterocycles. The molecule has 2 N–H and O–H groups in total. The van der Waals surface area contributed by atoms with E-state index in [1.54, 1.807) is 37.3 Å². The summed E-state index contributed by atoms with van der Waals surface area (Å²) in [6, 6.07) is 8.60. The van der Waals surface area contributed by atoms with Crippen molar-refractivity contribution in [3.63, 3.8) is 0 Å². The molecule has 5 nitrogen and oxygen atoms in total. The molecule has 0 fully saturated rings. The summed E-state index contributed by atoms with van der Waals surface area (Å²) >= 11 is 0. The number of benzene rings is 1. The largest absolute Gasteiger partial charge is 0.479 e. The van der Waals surface area contributed by atoms with E-state index in [0.29, 0.717) is 12.0 Å². The van der Waals surface area contributed by atoms with Gasteiger partial charge in [0.2, 0.25) is 0 Å². The van der Waals surface area contributed by atoms with Gasteiger partial charge in [0.05, 0.1) is 0 Å². The number of aliphatic carboxylic acids is 1. The molecule has 110 valence electrons. The molecule has 2 atom stereocenters. The zero-order valence-corrected chi connectivity index (χ0v) is 12.3. The number of ether oxygens (including phenoxy) is 1. The Labute approximate surface area is 118 Å². The molecule has 0 heterocycles. The van der Waals surface area contributed by atoms with Crippen molar-refractivity contribution in [1.29, 1.82) is 0 Å². The normalized spacial score (nSPS) is 16.8. The second-order valence-electron chi connectivity index (χ2n) is 5.04. The lowest BCUT2D eigenvalue weighted by atomic mass is 9.90. The summed E-state index contributed by atoms with van der Waals surface area (Å²) in [5, 5.41) is 12.1. The summed E-state index contributed by atoms with van der Waals surface area (Å²) in [6.45, 7) is 4.91. The Morgan fingerprint density at radius 3 is 2.20 bits per heavy atom. The third kappa shape index (κ3) is 2.99.